The summed E-state index contributed by atoms with van der Waals surface area (Å²) in [6, 6.07) is 7.38. The topological polar surface area (TPSA) is 49.8 Å². The molecule has 1 aromatic rings. The Morgan fingerprint density at radius 1 is 1.33 bits per heavy atom. The number of aliphatic hydroxyl groups is 1. The van der Waals surface area contributed by atoms with Crippen LogP contribution in [0.15, 0.2) is 24.3 Å². The summed E-state index contributed by atoms with van der Waals surface area (Å²) >= 11 is 0. The molecule has 0 fully saturated rings. The molecular formula is C14H21NO3. The predicted octanol–water partition coefficient (Wildman–Crippen LogP) is 1.12. The third-order valence-electron chi connectivity index (χ3n) is 2.39. The Bertz CT molecular complexity index is 373. The lowest BCUT2D eigenvalue weighted by Gasteiger charge is -2.16. The summed E-state index contributed by atoms with van der Waals surface area (Å²) < 4.78 is 5.47. The number of Topliss-reactive ketones (excluding diaryl/α,β-unsaturated/α-hetero) is 1. The van der Waals surface area contributed by atoms with E-state index < -0.39 is 6.10 Å². The Morgan fingerprint density at radius 3 is 2.44 bits per heavy atom. The molecule has 1 rings (SSSR count). The van der Waals surface area contributed by atoms with Crippen LogP contribution >= 0.6 is 0 Å². The van der Waals surface area contributed by atoms with E-state index in [4.69, 9.17) is 4.74 Å². The molecular weight excluding hydrogens is 230 g/mol. The van der Waals surface area contributed by atoms with Crippen LogP contribution in [0.5, 0.6) is 5.75 Å². The molecule has 0 heterocycles. The van der Waals surface area contributed by atoms with Gasteiger partial charge in [-0.05, 0) is 38.7 Å². The summed E-state index contributed by atoms with van der Waals surface area (Å²) in [6.07, 6.45) is -0.0549. The van der Waals surface area contributed by atoms with Crippen LogP contribution in [0.25, 0.3) is 0 Å². The zero-order valence-electron chi connectivity index (χ0n) is 11.2. The SMILES string of the molecule is CC(=O)Cc1ccc(OCC(O)CN(C)C)cc1. The van der Waals surface area contributed by atoms with Gasteiger partial charge in [0.15, 0.2) is 0 Å². The fourth-order valence-electron chi connectivity index (χ4n) is 1.66. The smallest absolute Gasteiger partial charge is 0.134 e. The predicted molar refractivity (Wildman–Crippen MR) is 70.9 cm³/mol. The molecule has 1 N–H and O–H groups in total. The number of carbonyl (C=O) groups is 1. The van der Waals surface area contributed by atoms with Gasteiger partial charge < -0.3 is 14.7 Å². The van der Waals surface area contributed by atoms with Gasteiger partial charge in [0, 0.05) is 13.0 Å². The van der Waals surface area contributed by atoms with E-state index >= 15 is 0 Å². The number of aliphatic hydroxyl groups excluding tert-OH is 1. The summed E-state index contributed by atoms with van der Waals surface area (Å²) in [5.74, 6) is 0.852. The monoisotopic (exact) mass is 251 g/mol. The normalized spacial score (nSPS) is 12.5. The number of rotatable bonds is 7. The first-order valence-corrected chi connectivity index (χ1v) is 6.01. The molecule has 0 aliphatic carbocycles. The van der Waals surface area contributed by atoms with Crippen molar-refractivity contribution in [2.45, 2.75) is 19.4 Å². The lowest BCUT2D eigenvalue weighted by Crippen LogP contribution is -2.30. The van der Waals surface area contributed by atoms with Crippen molar-refractivity contribution in [1.29, 1.82) is 0 Å². The zero-order chi connectivity index (χ0) is 13.5. The van der Waals surface area contributed by atoms with Gasteiger partial charge >= 0.3 is 0 Å². The van der Waals surface area contributed by atoms with Crippen LogP contribution in [0, 0.1) is 0 Å². The third kappa shape index (κ3) is 5.80. The number of carbonyl (C=O) groups excluding carboxylic acids is 1. The number of hydrogen-bond donors (Lipinski definition) is 1. The first-order valence-electron chi connectivity index (χ1n) is 6.01. The highest BCUT2D eigenvalue weighted by Crippen LogP contribution is 2.13. The molecule has 0 bridgehead atoms. The molecule has 1 unspecified atom stereocenters. The molecule has 4 heteroatoms. The number of ether oxygens (including phenoxy) is 1. The first-order chi connectivity index (χ1) is 8.47. The van der Waals surface area contributed by atoms with Crippen molar-refractivity contribution in [2.24, 2.45) is 0 Å². The number of benzene rings is 1. The van der Waals surface area contributed by atoms with Gasteiger partial charge in [0.25, 0.3) is 0 Å². The average molecular weight is 251 g/mol. The summed E-state index contributed by atoms with van der Waals surface area (Å²) in [6.45, 7) is 2.41. The lowest BCUT2D eigenvalue weighted by molar-refractivity contribution is -0.116. The third-order valence-corrected chi connectivity index (χ3v) is 2.39. The molecule has 4 nitrogen and oxygen atoms in total. The van der Waals surface area contributed by atoms with E-state index in [-0.39, 0.29) is 12.4 Å². The summed E-state index contributed by atoms with van der Waals surface area (Å²) in [5, 5.41) is 9.64. The molecule has 0 amide bonds. The van der Waals surface area contributed by atoms with Crippen molar-refractivity contribution in [3.8, 4) is 5.75 Å². The van der Waals surface area contributed by atoms with E-state index in [1.807, 2.05) is 43.3 Å². The van der Waals surface area contributed by atoms with Crippen molar-refractivity contribution in [2.75, 3.05) is 27.2 Å². The average Bonchev–Trinajstić information content (AvgIpc) is 2.26. The quantitative estimate of drug-likeness (QED) is 0.789. The van der Waals surface area contributed by atoms with Gasteiger partial charge in [0.05, 0.1) is 0 Å². The van der Waals surface area contributed by atoms with Gasteiger partial charge in [-0.15, -0.1) is 0 Å². The van der Waals surface area contributed by atoms with Crippen LogP contribution in [0.1, 0.15) is 12.5 Å². The molecule has 0 saturated carbocycles. The van der Waals surface area contributed by atoms with Crippen molar-refractivity contribution >= 4 is 5.78 Å². The van der Waals surface area contributed by atoms with E-state index in [9.17, 15) is 9.90 Å². The molecule has 0 saturated heterocycles. The first kappa shape index (κ1) is 14.7. The maximum absolute atomic E-state index is 10.9. The Morgan fingerprint density at radius 2 is 1.94 bits per heavy atom. The maximum Gasteiger partial charge on any atom is 0.134 e. The van der Waals surface area contributed by atoms with Gasteiger partial charge in [-0.2, -0.15) is 0 Å². The van der Waals surface area contributed by atoms with Crippen LogP contribution in [-0.2, 0) is 11.2 Å². The van der Waals surface area contributed by atoms with Gasteiger partial charge in [-0.1, -0.05) is 12.1 Å². The van der Waals surface area contributed by atoms with E-state index in [0.717, 1.165) is 5.56 Å². The minimum Gasteiger partial charge on any atom is -0.491 e. The van der Waals surface area contributed by atoms with E-state index in [1.54, 1.807) is 6.92 Å². The van der Waals surface area contributed by atoms with Crippen LogP contribution in [-0.4, -0.2) is 49.1 Å². The molecule has 0 aliphatic heterocycles. The van der Waals surface area contributed by atoms with Crippen LogP contribution < -0.4 is 4.74 Å². The van der Waals surface area contributed by atoms with Crippen molar-refractivity contribution < 1.29 is 14.6 Å². The van der Waals surface area contributed by atoms with Gasteiger partial charge in [-0.25, -0.2) is 0 Å². The largest absolute Gasteiger partial charge is 0.491 e. The highest BCUT2D eigenvalue weighted by molar-refractivity contribution is 5.78. The van der Waals surface area contributed by atoms with Gasteiger partial charge in [0.1, 0.15) is 24.2 Å². The Balaban J connectivity index is 2.41. The molecule has 1 atom stereocenters. The molecule has 0 aliphatic rings. The molecule has 1 aromatic carbocycles. The fourth-order valence-corrected chi connectivity index (χ4v) is 1.66. The summed E-state index contributed by atoms with van der Waals surface area (Å²) in [5.41, 5.74) is 0.976. The van der Waals surface area contributed by atoms with E-state index in [2.05, 4.69) is 0 Å². The Kier molecular flexibility index (Phi) is 5.82. The number of ketones is 1. The van der Waals surface area contributed by atoms with Crippen molar-refractivity contribution in [3.63, 3.8) is 0 Å². The summed E-state index contributed by atoms with van der Waals surface area (Å²) in [4.78, 5) is 12.9. The van der Waals surface area contributed by atoms with Crippen molar-refractivity contribution in [3.05, 3.63) is 29.8 Å². The summed E-state index contributed by atoms with van der Waals surface area (Å²) in [7, 11) is 3.81. The molecule has 100 valence electrons. The standard InChI is InChI=1S/C14H21NO3/c1-11(16)8-12-4-6-14(7-5-12)18-10-13(17)9-15(2)3/h4-7,13,17H,8-10H2,1-3H3. The zero-order valence-corrected chi connectivity index (χ0v) is 11.2. The minimum absolute atomic E-state index is 0.144. The Hall–Kier alpha value is -1.39. The maximum atomic E-state index is 10.9. The lowest BCUT2D eigenvalue weighted by atomic mass is 10.1. The van der Waals surface area contributed by atoms with E-state index in [1.165, 1.54) is 0 Å². The second-order valence-corrected chi connectivity index (χ2v) is 4.75. The fraction of sp³-hybridized carbons (Fsp3) is 0.500. The molecule has 0 spiro atoms. The minimum atomic E-state index is -0.503. The van der Waals surface area contributed by atoms with Gasteiger partial charge in [-0.3, -0.25) is 4.79 Å². The number of nitrogens with zero attached hydrogens (tertiary/aromatic N) is 1. The van der Waals surface area contributed by atoms with Gasteiger partial charge in [0.2, 0.25) is 0 Å². The number of hydrogen-bond acceptors (Lipinski definition) is 4. The van der Waals surface area contributed by atoms with Crippen LogP contribution in [0.2, 0.25) is 0 Å². The number of likely N-dealkylation sites (N-methyl/N-ethyl adjacent to an activating group) is 1. The molecule has 0 aromatic heterocycles. The highest BCUT2D eigenvalue weighted by Gasteiger charge is 2.06. The second-order valence-electron chi connectivity index (χ2n) is 4.75. The molecule has 18 heavy (non-hydrogen) atoms. The van der Waals surface area contributed by atoms with Crippen molar-refractivity contribution in [1.82, 2.24) is 4.90 Å². The van der Waals surface area contributed by atoms with Crippen LogP contribution in [0.4, 0.5) is 0 Å². The second kappa shape index (κ2) is 7.13. The van der Waals surface area contributed by atoms with Crippen LogP contribution in [0.3, 0.4) is 0 Å². The van der Waals surface area contributed by atoms with E-state index in [0.29, 0.717) is 18.7 Å². The molecule has 0 radical (unpaired) electrons. The Labute approximate surface area is 108 Å². The highest BCUT2D eigenvalue weighted by atomic mass is 16.5.